The quantitative estimate of drug-likeness (QED) is 0.845. The SMILES string of the molecule is CCNC(=O)[C@@]1(C)CCN(c2ccc(F)cc2)C1=O. The van der Waals surface area contributed by atoms with Crippen molar-refractivity contribution in [3.05, 3.63) is 30.1 Å². The van der Waals surface area contributed by atoms with Crippen molar-refractivity contribution in [2.75, 3.05) is 18.0 Å². The van der Waals surface area contributed by atoms with Crippen molar-refractivity contribution in [1.82, 2.24) is 5.32 Å². The predicted molar refractivity (Wildman–Crippen MR) is 70.2 cm³/mol. The second-order valence-corrected chi connectivity index (χ2v) is 4.87. The molecule has 5 heteroatoms. The van der Waals surface area contributed by atoms with Gasteiger partial charge in [-0.25, -0.2) is 4.39 Å². The maximum Gasteiger partial charge on any atom is 0.242 e. The number of hydrogen-bond acceptors (Lipinski definition) is 2. The zero-order valence-electron chi connectivity index (χ0n) is 11.1. The van der Waals surface area contributed by atoms with Gasteiger partial charge in [0.15, 0.2) is 0 Å². The second kappa shape index (κ2) is 4.99. The molecule has 1 aliphatic rings. The molecule has 0 aromatic heterocycles. The Hall–Kier alpha value is -1.91. The molecule has 0 unspecified atom stereocenters. The molecule has 2 amide bonds. The van der Waals surface area contributed by atoms with Crippen molar-refractivity contribution in [3.8, 4) is 0 Å². The predicted octanol–water partition coefficient (Wildman–Crippen LogP) is 1.70. The van der Waals surface area contributed by atoms with Crippen molar-refractivity contribution < 1.29 is 14.0 Å². The zero-order valence-corrected chi connectivity index (χ0v) is 11.1. The van der Waals surface area contributed by atoms with Gasteiger partial charge in [0.25, 0.3) is 0 Å². The number of rotatable bonds is 3. The lowest BCUT2D eigenvalue weighted by atomic mass is 9.88. The highest BCUT2D eigenvalue weighted by Gasteiger charge is 2.48. The largest absolute Gasteiger partial charge is 0.355 e. The first kappa shape index (κ1) is 13.5. The Balaban J connectivity index is 2.22. The van der Waals surface area contributed by atoms with Crippen LogP contribution in [0.15, 0.2) is 24.3 Å². The van der Waals surface area contributed by atoms with Crippen molar-refractivity contribution >= 4 is 17.5 Å². The van der Waals surface area contributed by atoms with Crippen LogP contribution in [0.4, 0.5) is 10.1 Å². The van der Waals surface area contributed by atoms with Gasteiger partial charge in [0, 0.05) is 18.8 Å². The normalized spacial score (nSPS) is 22.7. The summed E-state index contributed by atoms with van der Waals surface area (Å²) in [6, 6.07) is 5.72. The lowest BCUT2D eigenvalue weighted by Crippen LogP contribution is -2.44. The fourth-order valence-corrected chi connectivity index (χ4v) is 2.28. The van der Waals surface area contributed by atoms with Gasteiger partial charge in [-0.1, -0.05) is 0 Å². The second-order valence-electron chi connectivity index (χ2n) is 4.87. The number of halogens is 1. The van der Waals surface area contributed by atoms with Crippen molar-refractivity contribution in [3.63, 3.8) is 0 Å². The van der Waals surface area contributed by atoms with Crippen molar-refractivity contribution in [2.45, 2.75) is 20.3 Å². The molecule has 19 heavy (non-hydrogen) atoms. The summed E-state index contributed by atoms with van der Waals surface area (Å²) < 4.78 is 12.9. The Morgan fingerprint density at radius 3 is 2.63 bits per heavy atom. The summed E-state index contributed by atoms with van der Waals surface area (Å²) in [5.74, 6) is -0.823. The molecule has 1 N–H and O–H groups in total. The summed E-state index contributed by atoms with van der Waals surface area (Å²) in [6.07, 6.45) is 0.467. The van der Waals surface area contributed by atoms with Gasteiger partial charge >= 0.3 is 0 Å². The van der Waals surface area contributed by atoms with E-state index in [1.165, 1.54) is 17.0 Å². The number of hydrogen-bond donors (Lipinski definition) is 1. The van der Waals surface area contributed by atoms with E-state index >= 15 is 0 Å². The van der Waals surface area contributed by atoms with E-state index < -0.39 is 5.41 Å². The van der Waals surface area contributed by atoms with E-state index in [9.17, 15) is 14.0 Å². The molecule has 102 valence electrons. The molecule has 0 bridgehead atoms. The molecule has 4 nitrogen and oxygen atoms in total. The van der Waals surface area contributed by atoms with Crippen LogP contribution in [-0.2, 0) is 9.59 Å². The number of carbonyl (C=O) groups is 2. The van der Waals surface area contributed by atoms with Crippen LogP contribution in [0.3, 0.4) is 0 Å². The standard InChI is InChI=1S/C14H17FN2O2/c1-3-16-12(18)14(2)8-9-17(13(14)19)11-6-4-10(15)5-7-11/h4-7H,3,8-9H2,1-2H3,(H,16,18)/t14-/m1/s1. The first-order valence-corrected chi connectivity index (χ1v) is 6.35. The minimum atomic E-state index is -1.02. The molecule has 1 aromatic rings. The Labute approximate surface area is 111 Å². The fourth-order valence-electron chi connectivity index (χ4n) is 2.28. The molecule has 1 fully saturated rings. The van der Waals surface area contributed by atoms with Gasteiger partial charge in [-0.05, 0) is 44.5 Å². The minimum Gasteiger partial charge on any atom is -0.355 e. The van der Waals surface area contributed by atoms with Gasteiger partial charge in [0.1, 0.15) is 11.2 Å². The monoisotopic (exact) mass is 264 g/mol. The van der Waals surface area contributed by atoms with E-state index in [1.807, 2.05) is 6.92 Å². The van der Waals surface area contributed by atoms with E-state index in [1.54, 1.807) is 19.1 Å². The maximum absolute atomic E-state index is 12.9. The van der Waals surface area contributed by atoms with Crippen LogP contribution >= 0.6 is 0 Å². The molecule has 0 radical (unpaired) electrons. The first-order chi connectivity index (χ1) is 8.99. The van der Waals surface area contributed by atoms with Gasteiger partial charge < -0.3 is 10.2 Å². The summed E-state index contributed by atoms with van der Waals surface area (Å²) in [6.45, 7) is 4.44. The van der Waals surface area contributed by atoms with Crippen LogP contribution in [0, 0.1) is 11.2 Å². The number of benzene rings is 1. The Bertz CT molecular complexity index is 501. The van der Waals surface area contributed by atoms with Gasteiger partial charge in [-0.3, -0.25) is 9.59 Å². The number of amides is 2. The van der Waals surface area contributed by atoms with Gasteiger partial charge in [-0.2, -0.15) is 0 Å². The third-order valence-electron chi connectivity index (χ3n) is 3.53. The van der Waals surface area contributed by atoms with Gasteiger partial charge in [0.2, 0.25) is 11.8 Å². The van der Waals surface area contributed by atoms with Crippen LogP contribution in [0.2, 0.25) is 0 Å². The third-order valence-corrected chi connectivity index (χ3v) is 3.53. The molecule has 1 aromatic carbocycles. The number of carbonyl (C=O) groups excluding carboxylic acids is 2. The molecule has 1 heterocycles. The van der Waals surface area contributed by atoms with Crippen molar-refractivity contribution in [2.24, 2.45) is 5.41 Å². The Morgan fingerprint density at radius 1 is 1.42 bits per heavy atom. The highest BCUT2D eigenvalue weighted by Crippen LogP contribution is 2.34. The smallest absolute Gasteiger partial charge is 0.242 e. The lowest BCUT2D eigenvalue weighted by Gasteiger charge is -2.22. The van der Waals surface area contributed by atoms with Crippen LogP contribution < -0.4 is 10.2 Å². The van der Waals surface area contributed by atoms with E-state index in [4.69, 9.17) is 0 Å². The van der Waals surface area contributed by atoms with E-state index in [2.05, 4.69) is 5.32 Å². The molecule has 0 aliphatic carbocycles. The molecule has 1 saturated heterocycles. The number of nitrogens with one attached hydrogen (secondary N) is 1. The highest BCUT2D eigenvalue weighted by atomic mass is 19.1. The molecule has 1 aliphatic heterocycles. The molecule has 0 saturated carbocycles. The zero-order chi connectivity index (χ0) is 14.0. The molecule has 0 spiro atoms. The van der Waals surface area contributed by atoms with E-state index in [0.29, 0.717) is 25.2 Å². The fraction of sp³-hybridized carbons (Fsp3) is 0.429. The van der Waals surface area contributed by atoms with Crippen LogP contribution in [0.1, 0.15) is 20.3 Å². The van der Waals surface area contributed by atoms with Crippen LogP contribution in [0.5, 0.6) is 0 Å². The molecule has 2 rings (SSSR count). The highest BCUT2D eigenvalue weighted by molar-refractivity contribution is 6.13. The van der Waals surface area contributed by atoms with Crippen LogP contribution in [0.25, 0.3) is 0 Å². The maximum atomic E-state index is 12.9. The number of nitrogens with zero attached hydrogens (tertiary/aromatic N) is 1. The summed E-state index contributed by atoms with van der Waals surface area (Å²) in [5, 5.41) is 2.69. The third kappa shape index (κ3) is 2.32. The van der Waals surface area contributed by atoms with Crippen LogP contribution in [-0.4, -0.2) is 24.9 Å². The van der Waals surface area contributed by atoms with Gasteiger partial charge in [0.05, 0.1) is 0 Å². The molecule has 1 atom stereocenters. The number of anilines is 1. The molecular formula is C14H17FN2O2. The average Bonchev–Trinajstić information content (AvgIpc) is 2.69. The van der Waals surface area contributed by atoms with Crippen molar-refractivity contribution in [1.29, 1.82) is 0 Å². The Kier molecular flexibility index (Phi) is 3.55. The van der Waals surface area contributed by atoms with E-state index in [-0.39, 0.29) is 17.6 Å². The van der Waals surface area contributed by atoms with Gasteiger partial charge in [-0.15, -0.1) is 0 Å². The summed E-state index contributed by atoms with van der Waals surface area (Å²) in [7, 11) is 0. The summed E-state index contributed by atoms with van der Waals surface area (Å²) in [5.41, 5.74) is -0.399. The molecular weight excluding hydrogens is 247 g/mol. The summed E-state index contributed by atoms with van der Waals surface area (Å²) >= 11 is 0. The summed E-state index contributed by atoms with van der Waals surface area (Å²) in [4.78, 5) is 25.9. The first-order valence-electron chi connectivity index (χ1n) is 6.35. The van der Waals surface area contributed by atoms with E-state index in [0.717, 1.165) is 0 Å². The Morgan fingerprint density at radius 2 is 2.05 bits per heavy atom. The lowest BCUT2D eigenvalue weighted by molar-refractivity contribution is -0.138. The minimum absolute atomic E-state index is 0.231. The topological polar surface area (TPSA) is 49.4 Å². The average molecular weight is 264 g/mol.